The van der Waals surface area contributed by atoms with Gasteiger partial charge in [-0.15, -0.1) is 0 Å². The van der Waals surface area contributed by atoms with Gasteiger partial charge in [-0.05, 0) is 19.3 Å². The maximum atomic E-state index is 12.6. The summed E-state index contributed by atoms with van der Waals surface area (Å²) in [7, 11) is -4.71. The van der Waals surface area contributed by atoms with Crippen molar-refractivity contribution in [2.75, 3.05) is 6.61 Å². The van der Waals surface area contributed by atoms with Gasteiger partial charge >= 0.3 is 7.82 Å². The van der Waals surface area contributed by atoms with Gasteiger partial charge in [-0.25, -0.2) is 4.57 Å². The van der Waals surface area contributed by atoms with Crippen LogP contribution >= 0.6 is 7.82 Å². The van der Waals surface area contributed by atoms with Crippen LogP contribution in [0.3, 0.4) is 0 Å². The number of carbonyl (C=O) groups is 1. The predicted octanol–water partition coefficient (Wildman–Crippen LogP) is 15.5. The molecule has 7 nitrogen and oxygen atoms in total. The Morgan fingerprint density at radius 2 is 0.772 bits per heavy atom. The molecule has 340 valence electrons. The number of aliphatic hydroxyl groups is 1. The Kier molecular flexibility index (Phi) is 44.3. The lowest BCUT2D eigenvalue weighted by Gasteiger charge is -2.22. The molecule has 0 spiro atoms. The number of aliphatic hydroxyl groups excluding tert-OH is 1. The molecule has 0 aliphatic rings. The standard InChI is InChI=1S/C49H98NO6P/c1-3-5-7-9-11-13-15-16-17-18-19-20-21-22-23-24-25-26-27-28-29-30-31-32-33-34-35-37-39-41-43-45-49(52)50-47(46-56-57(53,54)55)48(51)44-42-40-38-36-14-12-10-8-6-4-2/h42,44,47-48,51H,3-41,43,45-46H2,1-2H3,(H,50,52)(H2,53,54,55)/b44-42+/t47-,48+/m0/s1. The molecular formula is C49H98NO6P. The van der Waals surface area contributed by atoms with Crippen LogP contribution in [0.4, 0.5) is 0 Å². The Balaban J connectivity index is 3.62. The van der Waals surface area contributed by atoms with Crippen LogP contribution in [0.25, 0.3) is 0 Å². The van der Waals surface area contributed by atoms with Crippen LogP contribution in [0, 0.1) is 0 Å². The third-order valence-corrected chi connectivity index (χ3v) is 12.2. The van der Waals surface area contributed by atoms with Gasteiger partial charge in [0.2, 0.25) is 5.91 Å². The number of unbranched alkanes of at least 4 members (excludes halogenated alkanes) is 38. The van der Waals surface area contributed by atoms with E-state index in [0.29, 0.717) is 6.42 Å². The first-order valence-corrected chi connectivity index (χ1v) is 26.7. The average molecular weight is 828 g/mol. The molecule has 0 bridgehead atoms. The van der Waals surface area contributed by atoms with Crippen LogP contribution in [0.15, 0.2) is 12.2 Å². The lowest BCUT2D eigenvalue weighted by molar-refractivity contribution is -0.123. The van der Waals surface area contributed by atoms with Crippen LogP contribution < -0.4 is 5.32 Å². The van der Waals surface area contributed by atoms with Crippen LogP contribution in [-0.2, 0) is 13.9 Å². The summed E-state index contributed by atoms with van der Waals surface area (Å²) in [6.45, 7) is 4.07. The van der Waals surface area contributed by atoms with Gasteiger partial charge < -0.3 is 20.2 Å². The van der Waals surface area contributed by atoms with Crippen molar-refractivity contribution in [3.05, 3.63) is 12.2 Å². The number of hydrogen-bond acceptors (Lipinski definition) is 4. The molecule has 0 aromatic heterocycles. The zero-order valence-electron chi connectivity index (χ0n) is 38.0. The van der Waals surface area contributed by atoms with Crippen LogP contribution in [0.2, 0.25) is 0 Å². The number of phosphoric acid groups is 1. The van der Waals surface area contributed by atoms with E-state index in [0.717, 1.165) is 38.5 Å². The highest BCUT2D eigenvalue weighted by Gasteiger charge is 2.24. The van der Waals surface area contributed by atoms with Crippen molar-refractivity contribution in [1.29, 1.82) is 0 Å². The fourth-order valence-corrected chi connectivity index (χ4v) is 8.29. The number of allylic oxidation sites excluding steroid dienone is 1. The summed E-state index contributed by atoms with van der Waals surface area (Å²) in [5.41, 5.74) is 0. The summed E-state index contributed by atoms with van der Waals surface area (Å²) in [5.74, 6) is -0.222. The molecule has 0 unspecified atom stereocenters. The summed E-state index contributed by atoms with van der Waals surface area (Å²) >= 11 is 0. The molecule has 0 aromatic carbocycles. The molecule has 57 heavy (non-hydrogen) atoms. The van der Waals surface area contributed by atoms with E-state index < -0.39 is 26.6 Å². The number of carbonyl (C=O) groups excluding carboxylic acids is 1. The quantitative estimate of drug-likeness (QED) is 0.0276. The molecule has 0 rings (SSSR count). The minimum atomic E-state index is -4.71. The molecular weight excluding hydrogens is 730 g/mol. The van der Waals surface area contributed by atoms with Gasteiger partial charge in [0.1, 0.15) is 0 Å². The van der Waals surface area contributed by atoms with Gasteiger partial charge in [0, 0.05) is 6.42 Å². The fraction of sp³-hybridized carbons (Fsp3) is 0.939. The Morgan fingerprint density at radius 3 is 1.07 bits per heavy atom. The van der Waals surface area contributed by atoms with E-state index in [9.17, 15) is 14.5 Å². The monoisotopic (exact) mass is 828 g/mol. The third kappa shape index (κ3) is 46.2. The zero-order valence-corrected chi connectivity index (χ0v) is 38.9. The van der Waals surface area contributed by atoms with Gasteiger partial charge in [-0.1, -0.05) is 264 Å². The van der Waals surface area contributed by atoms with Crippen molar-refractivity contribution in [3.63, 3.8) is 0 Å². The molecule has 0 heterocycles. The van der Waals surface area contributed by atoms with E-state index in [1.165, 1.54) is 218 Å². The van der Waals surface area contributed by atoms with Gasteiger partial charge in [0.05, 0.1) is 18.8 Å². The first kappa shape index (κ1) is 56.3. The Hall–Kier alpha value is -0.720. The lowest BCUT2D eigenvalue weighted by Crippen LogP contribution is -2.45. The first-order chi connectivity index (χ1) is 27.8. The maximum absolute atomic E-state index is 12.6. The summed E-state index contributed by atoms with van der Waals surface area (Å²) in [4.78, 5) is 30.9. The molecule has 2 atom stereocenters. The highest BCUT2D eigenvalue weighted by molar-refractivity contribution is 7.46. The second-order valence-corrected chi connectivity index (χ2v) is 18.7. The maximum Gasteiger partial charge on any atom is 0.469 e. The minimum absolute atomic E-state index is 0.222. The summed E-state index contributed by atoms with van der Waals surface area (Å²) in [6, 6.07) is -0.904. The van der Waals surface area contributed by atoms with E-state index in [4.69, 9.17) is 9.79 Å². The largest absolute Gasteiger partial charge is 0.469 e. The average Bonchev–Trinajstić information content (AvgIpc) is 3.18. The molecule has 8 heteroatoms. The number of amides is 1. The molecule has 0 aliphatic carbocycles. The summed E-state index contributed by atoms with van der Waals surface area (Å²) in [5, 5.41) is 13.4. The normalized spacial score (nSPS) is 13.1. The molecule has 1 amide bonds. The molecule has 0 saturated carbocycles. The van der Waals surface area contributed by atoms with Crippen LogP contribution in [-0.4, -0.2) is 39.6 Å². The van der Waals surface area contributed by atoms with Crippen molar-refractivity contribution in [2.24, 2.45) is 0 Å². The van der Waals surface area contributed by atoms with Crippen molar-refractivity contribution in [1.82, 2.24) is 5.32 Å². The topological polar surface area (TPSA) is 116 Å². The number of phosphoric ester groups is 1. The van der Waals surface area contributed by atoms with Crippen molar-refractivity contribution in [3.8, 4) is 0 Å². The van der Waals surface area contributed by atoms with Crippen LogP contribution in [0.1, 0.15) is 277 Å². The van der Waals surface area contributed by atoms with E-state index in [1.54, 1.807) is 6.08 Å². The third-order valence-electron chi connectivity index (χ3n) is 11.7. The molecule has 0 aromatic rings. The minimum Gasteiger partial charge on any atom is -0.387 e. The van der Waals surface area contributed by atoms with Gasteiger partial charge in [0.25, 0.3) is 0 Å². The van der Waals surface area contributed by atoms with Crippen molar-refractivity contribution in [2.45, 2.75) is 289 Å². The van der Waals surface area contributed by atoms with Crippen molar-refractivity contribution >= 4 is 13.7 Å². The first-order valence-electron chi connectivity index (χ1n) is 25.1. The number of rotatable bonds is 47. The highest BCUT2D eigenvalue weighted by atomic mass is 31.2. The highest BCUT2D eigenvalue weighted by Crippen LogP contribution is 2.36. The van der Waals surface area contributed by atoms with Gasteiger partial charge in [0.15, 0.2) is 0 Å². The molecule has 0 aliphatic heterocycles. The lowest BCUT2D eigenvalue weighted by atomic mass is 10.0. The smallest absolute Gasteiger partial charge is 0.387 e. The van der Waals surface area contributed by atoms with E-state index >= 15 is 0 Å². The van der Waals surface area contributed by atoms with Crippen LogP contribution in [0.5, 0.6) is 0 Å². The van der Waals surface area contributed by atoms with Crippen molar-refractivity contribution < 1.29 is 28.8 Å². The van der Waals surface area contributed by atoms with E-state index in [-0.39, 0.29) is 5.91 Å². The summed E-state index contributed by atoms with van der Waals surface area (Å²) < 4.78 is 15.9. The Morgan fingerprint density at radius 1 is 0.491 bits per heavy atom. The predicted molar refractivity (Wildman–Crippen MR) is 246 cm³/mol. The van der Waals surface area contributed by atoms with E-state index in [2.05, 4.69) is 23.7 Å². The number of nitrogens with one attached hydrogen (secondary N) is 1. The molecule has 4 N–H and O–H groups in total. The second-order valence-electron chi connectivity index (χ2n) is 17.5. The SMILES string of the molecule is CCCCCCCCCC/C=C/[C@@H](O)[C@H](COP(=O)(O)O)NC(=O)CCCCCCCCCCCCCCCCCCCCCCCCCCCCCCCCC. The van der Waals surface area contributed by atoms with Gasteiger partial charge in [-0.3, -0.25) is 9.32 Å². The second kappa shape index (κ2) is 44.8. The molecule has 0 radical (unpaired) electrons. The van der Waals surface area contributed by atoms with E-state index in [1.807, 2.05) is 6.08 Å². The Bertz CT molecular complexity index is 895. The molecule has 0 fully saturated rings. The zero-order chi connectivity index (χ0) is 41.8. The fourth-order valence-electron chi connectivity index (χ4n) is 7.93. The van der Waals surface area contributed by atoms with Gasteiger partial charge in [-0.2, -0.15) is 0 Å². The number of hydrogen-bond donors (Lipinski definition) is 4. The summed E-state index contributed by atoms with van der Waals surface area (Å²) in [6.07, 6.45) is 55.7. The Labute approximate surface area is 354 Å². The molecule has 0 saturated heterocycles.